The van der Waals surface area contributed by atoms with Crippen LogP contribution in [0.5, 0.6) is 0 Å². The van der Waals surface area contributed by atoms with Gasteiger partial charge in [0.2, 0.25) is 11.5 Å². The van der Waals surface area contributed by atoms with Gasteiger partial charge in [0.1, 0.15) is 0 Å². The van der Waals surface area contributed by atoms with Crippen molar-refractivity contribution < 1.29 is 31.6 Å². The van der Waals surface area contributed by atoms with Crippen LogP contribution in [0.4, 0.5) is 22.0 Å². The van der Waals surface area contributed by atoms with Gasteiger partial charge in [-0.2, -0.15) is 13.2 Å². The van der Waals surface area contributed by atoms with Crippen molar-refractivity contribution >= 4 is 34.8 Å². The summed E-state index contributed by atoms with van der Waals surface area (Å²) in [6.45, 7) is 1.53. The van der Waals surface area contributed by atoms with E-state index in [0.29, 0.717) is 11.1 Å². The maximum absolute atomic E-state index is 15.0. The average molecular weight is 507 g/mol. The first-order valence-electron chi connectivity index (χ1n) is 9.86. The number of benzene rings is 2. The molecule has 2 heterocycles. The van der Waals surface area contributed by atoms with Crippen molar-refractivity contribution in [1.29, 1.82) is 0 Å². The number of carbonyl (C=O) groups is 1. The van der Waals surface area contributed by atoms with Crippen LogP contribution in [-0.4, -0.2) is 30.1 Å². The number of nitrogens with zero attached hydrogens (tertiary/aromatic N) is 1. The average Bonchev–Trinajstić information content (AvgIpc) is 3.21. The molecule has 0 bridgehead atoms. The fourth-order valence-corrected chi connectivity index (χ4v) is 4.33. The molecule has 1 fully saturated rings. The summed E-state index contributed by atoms with van der Waals surface area (Å²) in [5, 5.41) is -1.17. The molecule has 0 aliphatic carbocycles. The van der Waals surface area contributed by atoms with Gasteiger partial charge in [0.05, 0.1) is 28.8 Å². The molecule has 2 aliphatic heterocycles. The lowest BCUT2D eigenvalue weighted by atomic mass is 9.86. The van der Waals surface area contributed by atoms with Gasteiger partial charge in [-0.25, -0.2) is 8.78 Å². The van der Waals surface area contributed by atoms with E-state index in [1.807, 2.05) is 0 Å². The van der Waals surface area contributed by atoms with E-state index in [1.54, 1.807) is 6.92 Å². The van der Waals surface area contributed by atoms with Gasteiger partial charge in [-0.1, -0.05) is 54.4 Å². The summed E-state index contributed by atoms with van der Waals surface area (Å²) in [6, 6.07) is 7.39. The van der Waals surface area contributed by atoms with Gasteiger partial charge in [-0.15, -0.1) is 0 Å². The van der Waals surface area contributed by atoms with E-state index in [-0.39, 0.29) is 31.1 Å². The summed E-state index contributed by atoms with van der Waals surface area (Å²) in [6.07, 6.45) is -3.88. The van der Waals surface area contributed by atoms with Crippen molar-refractivity contribution in [3.8, 4) is 0 Å². The molecule has 2 aromatic rings. The van der Waals surface area contributed by atoms with Crippen LogP contribution in [0.3, 0.4) is 0 Å². The number of hydrogen-bond donors (Lipinski definition) is 1. The van der Waals surface area contributed by atoms with Crippen molar-refractivity contribution in [3.63, 3.8) is 0 Å². The lowest BCUT2D eigenvalue weighted by Gasteiger charge is -2.44. The summed E-state index contributed by atoms with van der Waals surface area (Å²) in [4.78, 5) is 18.0. The van der Waals surface area contributed by atoms with Crippen molar-refractivity contribution in [2.75, 3.05) is 13.1 Å². The number of amides is 1. The molecule has 4 nitrogen and oxygen atoms in total. The highest BCUT2D eigenvalue weighted by Gasteiger charge is 2.60. The highest BCUT2D eigenvalue weighted by Crippen LogP contribution is 2.48. The van der Waals surface area contributed by atoms with Crippen molar-refractivity contribution in [3.05, 3.63) is 75.0 Å². The number of alkyl halides is 4. The van der Waals surface area contributed by atoms with Gasteiger partial charge >= 0.3 is 6.18 Å². The molecule has 2 aliphatic rings. The number of hydrogen-bond acceptors (Lipinski definition) is 3. The molecule has 0 radical (unpaired) electrons. The summed E-state index contributed by atoms with van der Waals surface area (Å²) in [7, 11) is 0. The Morgan fingerprint density at radius 3 is 2.21 bits per heavy atom. The number of halogens is 7. The lowest BCUT2D eigenvalue weighted by molar-refractivity contribution is -0.269. The van der Waals surface area contributed by atoms with Crippen LogP contribution in [0.1, 0.15) is 30.0 Å². The topological polar surface area (TPSA) is 41.6 Å². The fraction of sp³-hybridized carbons (Fsp3) is 0.318. The van der Waals surface area contributed by atoms with Crippen LogP contribution >= 0.6 is 23.2 Å². The molecular weight excluding hydrogens is 490 g/mol. The van der Waals surface area contributed by atoms with E-state index in [9.17, 15) is 22.4 Å². The largest absolute Gasteiger partial charge is 0.428 e. The zero-order valence-electron chi connectivity index (χ0n) is 17.1. The van der Waals surface area contributed by atoms with E-state index in [0.717, 1.165) is 18.2 Å². The van der Waals surface area contributed by atoms with Crippen LogP contribution in [0.15, 0.2) is 42.5 Å². The Morgan fingerprint density at radius 1 is 1.12 bits per heavy atom. The van der Waals surface area contributed by atoms with E-state index < -0.39 is 38.9 Å². The fourth-order valence-electron chi connectivity index (χ4n) is 3.85. The van der Waals surface area contributed by atoms with Crippen molar-refractivity contribution in [2.24, 2.45) is 0 Å². The van der Waals surface area contributed by atoms with Crippen LogP contribution in [0, 0.1) is 5.82 Å². The molecule has 0 saturated carbocycles. The summed E-state index contributed by atoms with van der Waals surface area (Å²) < 4.78 is 71.1. The van der Waals surface area contributed by atoms with Crippen molar-refractivity contribution in [1.82, 2.24) is 10.4 Å². The maximum atomic E-state index is 15.0. The smallest absolute Gasteiger partial charge is 0.335 e. The first kappa shape index (κ1) is 23.8. The lowest BCUT2D eigenvalue weighted by Crippen LogP contribution is -2.58. The van der Waals surface area contributed by atoms with Crippen molar-refractivity contribution in [2.45, 2.75) is 30.8 Å². The van der Waals surface area contributed by atoms with E-state index >= 15 is 4.39 Å². The molecule has 11 heteroatoms. The summed E-state index contributed by atoms with van der Waals surface area (Å²) in [5.41, 5.74) is -2.36. The number of carbonyl (C=O) groups excluding carboxylic acids is 1. The third kappa shape index (κ3) is 3.96. The molecule has 0 aromatic heterocycles. The second kappa shape index (κ2) is 8.14. The van der Waals surface area contributed by atoms with Crippen LogP contribution in [-0.2, 0) is 20.9 Å². The molecule has 1 amide bonds. The Hall–Kier alpha value is -2.36. The number of nitrogens with one attached hydrogen (secondary N) is 1. The van der Waals surface area contributed by atoms with Crippen LogP contribution < -0.4 is 5.48 Å². The molecule has 176 valence electrons. The quantitative estimate of drug-likeness (QED) is 0.415. The second-order valence-corrected chi connectivity index (χ2v) is 8.71. The number of likely N-dealkylation sites (tertiary alicyclic amines) is 1. The molecule has 1 unspecified atom stereocenters. The van der Waals surface area contributed by atoms with Gasteiger partial charge in [-0.3, -0.25) is 15.1 Å². The predicted molar refractivity (Wildman–Crippen MR) is 112 cm³/mol. The standard InChI is InChI=1S/C22H17Cl2F5N2O2/c1-2-18(32)31-10-20(26,11-31)13-5-3-12(4-6-13)17-9-21(33-30-17,22(27,28)29)14-7-15(23)19(25)16(24)8-14/h3-9,30H,2,10-11H2,1H3. The molecule has 33 heavy (non-hydrogen) atoms. The van der Waals surface area contributed by atoms with E-state index in [2.05, 4.69) is 5.48 Å². The summed E-state index contributed by atoms with van der Waals surface area (Å²) >= 11 is 11.4. The highest BCUT2D eigenvalue weighted by molar-refractivity contribution is 6.35. The SMILES string of the molecule is CCC(=O)N1CC(F)(c2ccc(C3=CC(c4cc(Cl)c(F)c(Cl)c4)(C(F)(F)F)ON3)cc2)C1. The molecule has 1 saturated heterocycles. The molecule has 4 rings (SSSR count). The number of rotatable bonds is 4. The molecule has 1 atom stereocenters. The minimum atomic E-state index is -4.95. The summed E-state index contributed by atoms with van der Waals surface area (Å²) in [5.74, 6) is -1.19. The number of hydroxylamine groups is 1. The zero-order chi connectivity index (χ0) is 24.2. The Kier molecular flexibility index (Phi) is 5.87. The first-order chi connectivity index (χ1) is 15.4. The third-order valence-electron chi connectivity index (χ3n) is 5.75. The van der Waals surface area contributed by atoms with Crippen LogP contribution in [0.25, 0.3) is 5.70 Å². The monoisotopic (exact) mass is 506 g/mol. The maximum Gasteiger partial charge on any atom is 0.428 e. The molecule has 0 spiro atoms. The van der Waals surface area contributed by atoms with E-state index in [1.165, 1.54) is 29.2 Å². The minimum Gasteiger partial charge on any atom is -0.335 e. The highest BCUT2D eigenvalue weighted by atomic mass is 35.5. The van der Waals surface area contributed by atoms with Crippen LogP contribution in [0.2, 0.25) is 10.0 Å². The molecule has 2 aromatic carbocycles. The Balaban J connectivity index is 1.64. The minimum absolute atomic E-state index is 0.0280. The molecule has 1 N–H and O–H groups in total. The molecular formula is C22H17Cl2F5N2O2. The predicted octanol–water partition coefficient (Wildman–Crippen LogP) is 5.88. The third-order valence-corrected chi connectivity index (χ3v) is 6.30. The van der Waals surface area contributed by atoms with Gasteiger partial charge in [0.15, 0.2) is 11.5 Å². The Morgan fingerprint density at radius 2 is 1.70 bits per heavy atom. The van der Waals surface area contributed by atoms with Gasteiger partial charge in [-0.05, 0) is 29.3 Å². The van der Waals surface area contributed by atoms with E-state index in [4.69, 9.17) is 28.0 Å². The Labute approximate surface area is 195 Å². The first-order valence-corrected chi connectivity index (χ1v) is 10.6. The Bertz CT molecular complexity index is 1110. The van der Waals surface area contributed by atoms with Gasteiger partial charge in [0.25, 0.3) is 0 Å². The van der Waals surface area contributed by atoms with Gasteiger partial charge in [0, 0.05) is 12.0 Å². The normalized spacial score (nSPS) is 21.9. The second-order valence-electron chi connectivity index (χ2n) is 7.90. The van der Waals surface area contributed by atoms with Gasteiger partial charge < -0.3 is 4.90 Å². The zero-order valence-corrected chi connectivity index (χ0v) is 18.6.